The molecule has 0 aromatic carbocycles. The van der Waals surface area contributed by atoms with E-state index < -0.39 is 5.54 Å². The van der Waals surface area contributed by atoms with Gasteiger partial charge in [0.2, 0.25) is 5.91 Å². The van der Waals surface area contributed by atoms with Crippen molar-refractivity contribution in [3.63, 3.8) is 0 Å². The van der Waals surface area contributed by atoms with Crippen LogP contribution in [0, 0.1) is 0 Å². The summed E-state index contributed by atoms with van der Waals surface area (Å²) in [6, 6.07) is -0.304. The highest BCUT2D eigenvalue weighted by Crippen LogP contribution is 2.34. The van der Waals surface area contributed by atoms with Crippen molar-refractivity contribution < 1.29 is 19.1 Å². The molecule has 0 radical (unpaired) electrons. The van der Waals surface area contributed by atoms with Crippen molar-refractivity contribution in [1.82, 2.24) is 15.5 Å². The normalized spacial score (nSPS) is 20.0. The fraction of sp³-hybridized carbons (Fsp3) is 0.800. The van der Waals surface area contributed by atoms with Crippen LogP contribution in [0.4, 0.5) is 4.79 Å². The molecule has 1 aliphatic carbocycles. The second kappa shape index (κ2) is 7.09. The fourth-order valence-corrected chi connectivity index (χ4v) is 2.96. The lowest BCUT2D eigenvalue weighted by Gasteiger charge is -2.20. The number of nitrogens with zero attached hydrogens (tertiary/aromatic N) is 1. The smallest absolute Gasteiger partial charge is 0.325 e. The minimum absolute atomic E-state index is 0.0132. The maximum atomic E-state index is 12.4. The summed E-state index contributed by atoms with van der Waals surface area (Å²) in [6.07, 6.45) is 3.98. The molecule has 4 amide bonds. The average Bonchev–Trinajstić information content (AvgIpc) is 3.01. The van der Waals surface area contributed by atoms with E-state index in [0.717, 1.165) is 25.7 Å². The summed E-state index contributed by atoms with van der Waals surface area (Å²) < 4.78 is 5.19. The molecular formula is C15H25N3O4. The van der Waals surface area contributed by atoms with Gasteiger partial charge in [-0.05, 0) is 33.1 Å². The minimum Gasteiger partial charge on any atom is -0.369 e. The van der Waals surface area contributed by atoms with Crippen LogP contribution in [0.1, 0.15) is 46.0 Å². The standard InChI is InChI=1S/C15H25N3O4/c1-11(2)22-10-12(19)16-8-5-9-18-13(20)15(17-14(18)21)6-3-4-7-15/h11H,3-10H2,1-2H3,(H,16,19)(H,17,21). The van der Waals surface area contributed by atoms with E-state index in [4.69, 9.17) is 4.74 Å². The lowest BCUT2D eigenvalue weighted by atomic mass is 9.98. The number of ether oxygens (including phenoxy) is 1. The van der Waals surface area contributed by atoms with Crippen LogP contribution in [0.3, 0.4) is 0 Å². The van der Waals surface area contributed by atoms with Gasteiger partial charge in [0.15, 0.2) is 0 Å². The van der Waals surface area contributed by atoms with E-state index >= 15 is 0 Å². The summed E-state index contributed by atoms with van der Waals surface area (Å²) >= 11 is 0. The number of rotatable bonds is 7. The van der Waals surface area contributed by atoms with Crippen LogP contribution in [0.2, 0.25) is 0 Å². The Morgan fingerprint density at radius 3 is 2.68 bits per heavy atom. The average molecular weight is 311 g/mol. The second-order valence-corrected chi connectivity index (χ2v) is 6.24. The Bertz CT molecular complexity index is 444. The Morgan fingerprint density at radius 2 is 2.05 bits per heavy atom. The number of urea groups is 1. The summed E-state index contributed by atoms with van der Waals surface area (Å²) in [4.78, 5) is 37.1. The van der Waals surface area contributed by atoms with Gasteiger partial charge in [0.05, 0.1) is 6.10 Å². The summed E-state index contributed by atoms with van der Waals surface area (Å²) in [5, 5.41) is 5.56. The number of imide groups is 1. The van der Waals surface area contributed by atoms with E-state index in [2.05, 4.69) is 10.6 Å². The molecule has 7 nitrogen and oxygen atoms in total. The lowest BCUT2D eigenvalue weighted by Crippen LogP contribution is -2.44. The van der Waals surface area contributed by atoms with Crippen molar-refractivity contribution in [2.24, 2.45) is 0 Å². The highest BCUT2D eigenvalue weighted by atomic mass is 16.5. The summed E-state index contributed by atoms with van der Waals surface area (Å²) in [5.74, 6) is -0.289. The quantitative estimate of drug-likeness (QED) is 0.537. The third-order valence-corrected chi connectivity index (χ3v) is 4.13. The number of hydrogen-bond donors (Lipinski definition) is 2. The summed E-state index contributed by atoms with van der Waals surface area (Å²) in [6.45, 7) is 4.51. The number of carbonyl (C=O) groups is 3. The van der Waals surface area contributed by atoms with E-state index in [9.17, 15) is 14.4 Å². The van der Waals surface area contributed by atoms with Gasteiger partial charge in [-0.15, -0.1) is 0 Å². The first-order chi connectivity index (χ1) is 10.4. The zero-order valence-corrected chi connectivity index (χ0v) is 13.3. The maximum absolute atomic E-state index is 12.4. The molecule has 0 aromatic heterocycles. The van der Waals surface area contributed by atoms with Crippen molar-refractivity contribution in [3.05, 3.63) is 0 Å². The molecule has 1 saturated heterocycles. The molecule has 0 bridgehead atoms. The van der Waals surface area contributed by atoms with E-state index in [0.29, 0.717) is 19.5 Å². The maximum Gasteiger partial charge on any atom is 0.325 e. The Hall–Kier alpha value is -1.63. The lowest BCUT2D eigenvalue weighted by molar-refractivity contribution is -0.131. The van der Waals surface area contributed by atoms with Gasteiger partial charge >= 0.3 is 6.03 Å². The summed E-state index contributed by atoms with van der Waals surface area (Å²) in [7, 11) is 0. The number of hydrogen-bond acceptors (Lipinski definition) is 4. The Balaban J connectivity index is 1.70. The van der Waals surface area contributed by atoms with Crippen molar-refractivity contribution in [1.29, 1.82) is 0 Å². The van der Waals surface area contributed by atoms with Crippen molar-refractivity contribution >= 4 is 17.8 Å². The molecular weight excluding hydrogens is 286 g/mol. The third-order valence-electron chi connectivity index (χ3n) is 4.13. The van der Waals surface area contributed by atoms with E-state index in [-0.39, 0.29) is 30.6 Å². The number of nitrogens with one attached hydrogen (secondary N) is 2. The molecule has 2 aliphatic rings. The van der Waals surface area contributed by atoms with Crippen molar-refractivity contribution in [2.75, 3.05) is 19.7 Å². The third kappa shape index (κ3) is 3.76. The molecule has 0 aromatic rings. The molecule has 1 heterocycles. The first-order valence-electron chi connectivity index (χ1n) is 7.97. The molecule has 0 atom stereocenters. The van der Waals surface area contributed by atoms with Gasteiger partial charge in [0, 0.05) is 13.1 Å². The predicted molar refractivity (Wildman–Crippen MR) is 80.2 cm³/mol. The van der Waals surface area contributed by atoms with Crippen LogP contribution in [-0.2, 0) is 14.3 Å². The van der Waals surface area contributed by atoms with Gasteiger partial charge in [0.1, 0.15) is 12.1 Å². The molecule has 0 unspecified atom stereocenters. The SMILES string of the molecule is CC(C)OCC(=O)NCCCN1C(=O)NC2(CCCC2)C1=O. The predicted octanol–water partition coefficient (Wildman–Crippen LogP) is 0.782. The zero-order valence-electron chi connectivity index (χ0n) is 13.3. The molecule has 2 fully saturated rings. The van der Waals surface area contributed by atoms with Crippen LogP contribution in [0.25, 0.3) is 0 Å². The second-order valence-electron chi connectivity index (χ2n) is 6.24. The molecule has 1 spiro atoms. The van der Waals surface area contributed by atoms with Crippen LogP contribution >= 0.6 is 0 Å². The van der Waals surface area contributed by atoms with Crippen molar-refractivity contribution in [3.8, 4) is 0 Å². The molecule has 1 saturated carbocycles. The van der Waals surface area contributed by atoms with Gasteiger partial charge in [-0.25, -0.2) is 4.79 Å². The van der Waals surface area contributed by atoms with E-state index in [1.165, 1.54) is 4.90 Å². The summed E-state index contributed by atoms with van der Waals surface area (Å²) in [5.41, 5.74) is -0.647. The van der Waals surface area contributed by atoms with Crippen LogP contribution < -0.4 is 10.6 Å². The molecule has 22 heavy (non-hydrogen) atoms. The minimum atomic E-state index is -0.647. The van der Waals surface area contributed by atoms with Gasteiger partial charge < -0.3 is 15.4 Å². The molecule has 2 N–H and O–H groups in total. The number of carbonyl (C=O) groups excluding carboxylic acids is 3. The van der Waals surface area contributed by atoms with Gasteiger partial charge in [0.25, 0.3) is 5.91 Å². The molecule has 1 aliphatic heterocycles. The van der Waals surface area contributed by atoms with Gasteiger partial charge in [-0.3, -0.25) is 14.5 Å². The van der Waals surface area contributed by atoms with Crippen LogP contribution in [-0.4, -0.2) is 54.1 Å². The van der Waals surface area contributed by atoms with E-state index in [1.807, 2.05) is 13.8 Å². The molecule has 124 valence electrons. The highest BCUT2D eigenvalue weighted by Gasteiger charge is 2.51. The monoisotopic (exact) mass is 311 g/mol. The van der Waals surface area contributed by atoms with Gasteiger partial charge in [-0.2, -0.15) is 0 Å². The highest BCUT2D eigenvalue weighted by molar-refractivity contribution is 6.07. The first-order valence-corrected chi connectivity index (χ1v) is 7.97. The largest absolute Gasteiger partial charge is 0.369 e. The van der Waals surface area contributed by atoms with Crippen molar-refractivity contribution in [2.45, 2.75) is 57.6 Å². The van der Waals surface area contributed by atoms with Crippen LogP contribution in [0.5, 0.6) is 0 Å². The Labute approximate surface area is 130 Å². The zero-order chi connectivity index (χ0) is 16.2. The first kappa shape index (κ1) is 16.7. The van der Waals surface area contributed by atoms with Crippen LogP contribution in [0.15, 0.2) is 0 Å². The Morgan fingerprint density at radius 1 is 1.36 bits per heavy atom. The molecule has 2 rings (SSSR count). The number of amides is 4. The topological polar surface area (TPSA) is 87.7 Å². The molecule has 7 heteroatoms. The fourth-order valence-electron chi connectivity index (χ4n) is 2.96. The van der Waals surface area contributed by atoms with Gasteiger partial charge in [-0.1, -0.05) is 12.8 Å². The Kier molecular flexibility index (Phi) is 5.39. The van der Waals surface area contributed by atoms with E-state index in [1.54, 1.807) is 0 Å².